The predicted molar refractivity (Wildman–Crippen MR) is 117 cm³/mol. The molecule has 31 heavy (non-hydrogen) atoms. The molecule has 7 heteroatoms. The molecule has 1 unspecified atom stereocenters. The molecule has 0 aliphatic carbocycles. The highest BCUT2D eigenvalue weighted by Gasteiger charge is 2.40. The smallest absolute Gasteiger partial charge is 0.338 e. The Labute approximate surface area is 181 Å². The normalized spacial score (nSPS) is 16.7. The zero-order chi connectivity index (χ0) is 21.7. The summed E-state index contributed by atoms with van der Waals surface area (Å²) in [7, 11) is 0. The summed E-state index contributed by atoms with van der Waals surface area (Å²) in [6.45, 7) is 2.71. The van der Waals surface area contributed by atoms with Crippen molar-refractivity contribution in [2.75, 3.05) is 18.5 Å². The second kappa shape index (κ2) is 8.95. The van der Waals surface area contributed by atoms with Crippen molar-refractivity contribution in [1.82, 2.24) is 0 Å². The average molecular weight is 416 g/mol. The third-order valence-electron chi connectivity index (χ3n) is 5.38. The number of ether oxygens (including phenoxy) is 1. The second-order valence-electron chi connectivity index (χ2n) is 7.32. The number of rotatable bonds is 8. The molecular formula is C24H24N4O3. The first-order valence-corrected chi connectivity index (χ1v) is 10.4. The largest absolute Gasteiger partial charge is 0.711 e. The van der Waals surface area contributed by atoms with Gasteiger partial charge in [-0.15, -0.1) is 0 Å². The van der Waals surface area contributed by atoms with Gasteiger partial charge in [-0.1, -0.05) is 36.4 Å². The monoisotopic (exact) mass is 416 g/mol. The zero-order valence-corrected chi connectivity index (χ0v) is 17.3. The Hall–Kier alpha value is -3.74. The number of anilines is 1. The standard InChI is InChI=1S/C24H24N4O3/c1-2-31-23(29)18-12-13-21-20(17-18)24(27-26-21,19-9-4-3-5-10-19)14-8-15-25-22-11-6-7-16-28(22)30/h3-7,9-13,16-17,25H,2,8,14-15H2,1H3. The van der Waals surface area contributed by atoms with Crippen LogP contribution in [0.1, 0.15) is 41.3 Å². The van der Waals surface area contributed by atoms with E-state index < -0.39 is 5.54 Å². The van der Waals surface area contributed by atoms with Gasteiger partial charge in [-0.05, 0) is 49.6 Å². The molecule has 1 atom stereocenters. The van der Waals surface area contributed by atoms with Crippen LogP contribution in [0.3, 0.4) is 0 Å². The van der Waals surface area contributed by atoms with Crippen LogP contribution < -0.4 is 10.0 Å². The molecule has 1 aliphatic heterocycles. The van der Waals surface area contributed by atoms with Crippen LogP contribution in [-0.4, -0.2) is 19.1 Å². The van der Waals surface area contributed by atoms with Crippen molar-refractivity contribution in [2.45, 2.75) is 25.3 Å². The first-order chi connectivity index (χ1) is 15.1. The highest BCUT2D eigenvalue weighted by Crippen LogP contribution is 2.48. The molecule has 0 spiro atoms. The Morgan fingerprint density at radius 2 is 1.94 bits per heavy atom. The van der Waals surface area contributed by atoms with Crippen LogP contribution >= 0.6 is 0 Å². The first-order valence-electron chi connectivity index (χ1n) is 10.4. The van der Waals surface area contributed by atoms with Gasteiger partial charge in [0.2, 0.25) is 0 Å². The predicted octanol–water partition coefficient (Wildman–Crippen LogP) is 4.73. The van der Waals surface area contributed by atoms with E-state index in [0.717, 1.165) is 28.0 Å². The summed E-state index contributed by atoms with van der Waals surface area (Å²) in [6.07, 6.45) is 2.87. The summed E-state index contributed by atoms with van der Waals surface area (Å²) >= 11 is 0. The van der Waals surface area contributed by atoms with Crippen molar-refractivity contribution in [3.63, 3.8) is 0 Å². The van der Waals surface area contributed by atoms with Gasteiger partial charge < -0.3 is 9.94 Å². The number of carbonyl (C=O) groups is 1. The first kappa shape index (κ1) is 20.5. The fraction of sp³-hybridized carbons (Fsp3) is 0.250. The number of esters is 1. The molecule has 0 saturated carbocycles. The fourth-order valence-electron chi connectivity index (χ4n) is 3.87. The molecule has 0 radical (unpaired) electrons. The zero-order valence-electron chi connectivity index (χ0n) is 17.3. The number of hydrogen-bond acceptors (Lipinski definition) is 6. The van der Waals surface area contributed by atoms with E-state index in [4.69, 9.17) is 9.85 Å². The molecule has 7 nitrogen and oxygen atoms in total. The molecule has 1 N–H and O–H groups in total. The van der Waals surface area contributed by atoms with E-state index in [9.17, 15) is 10.0 Å². The van der Waals surface area contributed by atoms with Crippen LogP contribution in [0.4, 0.5) is 11.5 Å². The third kappa shape index (κ3) is 4.12. The minimum atomic E-state index is -0.690. The molecule has 0 fully saturated rings. The van der Waals surface area contributed by atoms with E-state index in [1.807, 2.05) is 48.5 Å². The molecule has 1 aromatic heterocycles. The summed E-state index contributed by atoms with van der Waals surface area (Å²) in [5, 5.41) is 24.1. The highest BCUT2D eigenvalue weighted by atomic mass is 16.5. The number of carbonyl (C=O) groups excluding carboxylic acids is 1. The van der Waals surface area contributed by atoms with Crippen molar-refractivity contribution < 1.29 is 14.3 Å². The molecule has 3 aromatic rings. The van der Waals surface area contributed by atoms with Gasteiger partial charge in [-0.25, -0.2) is 9.52 Å². The molecule has 2 heterocycles. The molecule has 4 rings (SSSR count). The number of azo groups is 1. The summed E-state index contributed by atoms with van der Waals surface area (Å²) < 4.78 is 5.99. The number of aromatic nitrogens is 1. The van der Waals surface area contributed by atoms with E-state index in [2.05, 4.69) is 10.4 Å². The van der Waals surface area contributed by atoms with E-state index in [1.165, 1.54) is 6.20 Å². The van der Waals surface area contributed by atoms with Gasteiger partial charge >= 0.3 is 5.97 Å². The Morgan fingerprint density at radius 3 is 2.71 bits per heavy atom. The number of hydrogen-bond donors (Lipinski definition) is 1. The van der Waals surface area contributed by atoms with Gasteiger partial charge in [0.1, 0.15) is 5.54 Å². The topological polar surface area (TPSA) is 90.0 Å². The van der Waals surface area contributed by atoms with Gasteiger partial charge in [0, 0.05) is 11.6 Å². The number of nitrogens with one attached hydrogen (secondary N) is 1. The van der Waals surface area contributed by atoms with Gasteiger partial charge in [-0.2, -0.15) is 10.2 Å². The summed E-state index contributed by atoms with van der Waals surface area (Å²) in [5.74, 6) is 0.152. The van der Waals surface area contributed by atoms with E-state index in [0.29, 0.717) is 31.0 Å². The Kier molecular flexibility index (Phi) is 5.93. The number of fused-ring (bicyclic) bond motifs is 1. The lowest BCUT2D eigenvalue weighted by atomic mass is 9.79. The second-order valence-corrected chi connectivity index (χ2v) is 7.32. The van der Waals surface area contributed by atoms with Crippen molar-refractivity contribution in [2.24, 2.45) is 10.2 Å². The Balaban J connectivity index is 1.61. The van der Waals surface area contributed by atoms with E-state index in [-0.39, 0.29) is 5.97 Å². The average Bonchev–Trinajstić information content (AvgIpc) is 3.17. The molecule has 0 saturated heterocycles. The Morgan fingerprint density at radius 1 is 1.13 bits per heavy atom. The fourth-order valence-corrected chi connectivity index (χ4v) is 3.87. The highest BCUT2D eigenvalue weighted by molar-refractivity contribution is 5.90. The molecule has 158 valence electrons. The third-order valence-corrected chi connectivity index (χ3v) is 5.38. The lowest BCUT2D eigenvalue weighted by molar-refractivity contribution is -0.590. The number of nitrogens with zero attached hydrogens (tertiary/aromatic N) is 3. The Bertz CT molecular complexity index is 1100. The van der Waals surface area contributed by atoms with E-state index in [1.54, 1.807) is 25.1 Å². The summed E-state index contributed by atoms with van der Waals surface area (Å²) in [5.41, 5.74) is 2.46. The van der Waals surface area contributed by atoms with Crippen molar-refractivity contribution in [1.29, 1.82) is 0 Å². The van der Waals surface area contributed by atoms with Gasteiger partial charge in [-0.3, -0.25) is 5.32 Å². The maximum absolute atomic E-state index is 12.3. The van der Waals surface area contributed by atoms with Crippen LogP contribution in [0.25, 0.3) is 0 Å². The van der Waals surface area contributed by atoms with Gasteiger partial charge in [0.25, 0.3) is 5.82 Å². The SMILES string of the molecule is CCOC(=O)c1ccc2c(c1)C(CCCNc1cccc[n+]1[O-])(c1ccccc1)N=N2. The van der Waals surface area contributed by atoms with Crippen molar-refractivity contribution >= 4 is 17.5 Å². The maximum Gasteiger partial charge on any atom is 0.338 e. The number of benzene rings is 2. The minimum Gasteiger partial charge on any atom is -0.711 e. The van der Waals surface area contributed by atoms with Gasteiger partial charge in [0.05, 0.1) is 30.6 Å². The molecule has 1 aliphatic rings. The summed E-state index contributed by atoms with van der Waals surface area (Å²) in [6, 6.07) is 20.6. The van der Waals surface area contributed by atoms with Crippen molar-refractivity contribution in [3.8, 4) is 0 Å². The molecule has 2 aromatic carbocycles. The van der Waals surface area contributed by atoms with Crippen LogP contribution in [0.2, 0.25) is 0 Å². The quantitative estimate of drug-likeness (QED) is 0.249. The van der Waals surface area contributed by atoms with Crippen LogP contribution in [-0.2, 0) is 10.3 Å². The number of pyridine rings is 1. The van der Waals surface area contributed by atoms with Crippen LogP contribution in [0.15, 0.2) is 83.2 Å². The maximum atomic E-state index is 12.3. The van der Waals surface area contributed by atoms with Crippen LogP contribution in [0.5, 0.6) is 0 Å². The molecule has 0 bridgehead atoms. The lowest BCUT2D eigenvalue weighted by Crippen LogP contribution is -2.30. The van der Waals surface area contributed by atoms with Crippen LogP contribution in [0, 0.1) is 5.21 Å². The summed E-state index contributed by atoms with van der Waals surface area (Å²) in [4.78, 5) is 12.3. The van der Waals surface area contributed by atoms with Gasteiger partial charge in [0.15, 0.2) is 0 Å². The molecule has 0 amide bonds. The lowest BCUT2D eigenvalue weighted by Gasteiger charge is -2.27. The minimum absolute atomic E-state index is 0.319. The van der Waals surface area contributed by atoms with Crippen molar-refractivity contribution in [3.05, 3.63) is 94.8 Å². The molecular weight excluding hydrogens is 392 g/mol. The van der Waals surface area contributed by atoms with E-state index >= 15 is 0 Å².